The average Bonchev–Trinajstić information content (AvgIpc) is 3.20. The van der Waals surface area contributed by atoms with Crippen LogP contribution in [0.3, 0.4) is 0 Å². The molecule has 27 heavy (non-hydrogen) atoms. The number of amides is 1. The van der Waals surface area contributed by atoms with Crippen LogP contribution in [0, 0.1) is 0 Å². The molecule has 0 radical (unpaired) electrons. The summed E-state index contributed by atoms with van der Waals surface area (Å²) in [6, 6.07) is 15.8. The number of hydrogen-bond acceptors (Lipinski definition) is 4. The summed E-state index contributed by atoms with van der Waals surface area (Å²) in [4.78, 5) is 23.1. The van der Waals surface area contributed by atoms with Gasteiger partial charge in [-0.15, -0.1) is 11.3 Å². The van der Waals surface area contributed by atoms with E-state index in [1.54, 1.807) is 11.3 Å². The molecule has 0 saturated carbocycles. The third kappa shape index (κ3) is 4.38. The van der Waals surface area contributed by atoms with Gasteiger partial charge in [0.25, 0.3) is 5.91 Å². The van der Waals surface area contributed by atoms with Crippen molar-refractivity contribution in [3.05, 3.63) is 76.4 Å². The van der Waals surface area contributed by atoms with Crippen molar-refractivity contribution in [2.45, 2.75) is 6.54 Å². The van der Waals surface area contributed by atoms with Crippen molar-refractivity contribution in [2.75, 3.05) is 26.2 Å². The number of benzene rings is 1. The molecule has 4 rings (SSSR count). The van der Waals surface area contributed by atoms with Crippen molar-refractivity contribution in [2.24, 2.45) is 0 Å². The first-order chi connectivity index (χ1) is 13.2. The topological polar surface area (TPSA) is 36.4 Å². The van der Waals surface area contributed by atoms with Gasteiger partial charge in [-0.05, 0) is 47.5 Å². The fraction of sp³-hybridized carbons (Fsp3) is 0.238. The van der Waals surface area contributed by atoms with Gasteiger partial charge in [0.1, 0.15) is 0 Å². The van der Waals surface area contributed by atoms with Crippen LogP contribution in [-0.4, -0.2) is 46.9 Å². The van der Waals surface area contributed by atoms with Crippen molar-refractivity contribution in [3.63, 3.8) is 0 Å². The maximum Gasteiger partial charge on any atom is 0.264 e. The SMILES string of the molecule is O=C(c1ccc(-c2ccc(Cl)cc2)s1)N1CCN(Cc2ccncc2)CC1. The van der Waals surface area contributed by atoms with Crippen LogP contribution in [0.1, 0.15) is 15.2 Å². The third-order valence-electron chi connectivity index (χ3n) is 4.76. The Labute approximate surface area is 168 Å². The van der Waals surface area contributed by atoms with E-state index in [1.165, 1.54) is 5.56 Å². The number of carbonyl (C=O) groups excluding carboxylic acids is 1. The predicted molar refractivity (Wildman–Crippen MR) is 110 cm³/mol. The van der Waals surface area contributed by atoms with E-state index in [0.717, 1.165) is 53.1 Å². The highest BCUT2D eigenvalue weighted by Crippen LogP contribution is 2.30. The maximum absolute atomic E-state index is 12.9. The Morgan fingerprint density at radius 3 is 2.37 bits per heavy atom. The average molecular weight is 398 g/mol. The Bertz CT molecular complexity index is 903. The van der Waals surface area contributed by atoms with Crippen molar-refractivity contribution in [3.8, 4) is 10.4 Å². The first-order valence-corrected chi connectivity index (χ1v) is 10.1. The summed E-state index contributed by atoms with van der Waals surface area (Å²) in [5.41, 5.74) is 2.35. The number of rotatable bonds is 4. The van der Waals surface area contributed by atoms with Gasteiger partial charge in [0, 0.05) is 55.0 Å². The Kier molecular flexibility index (Phi) is 5.53. The highest BCUT2D eigenvalue weighted by Gasteiger charge is 2.23. The van der Waals surface area contributed by atoms with Crippen LogP contribution in [0.4, 0.5) is 0 Å². The zero-order valence-electron chi connectivity index (χ0n) is 14.8. The van der Waals surface area contributed by atoms with Gasteiger partial charge in [-0.2, -0.15) is 0 Å². The Hall–Kier alpha value is -2.21. The second-order valence-corrected chi connectivity index (χ2v) is 8.11. The number of pyridine rings is 1. The normalized spacial score (nSPS) is 15.1. The standard InChI is InChI=1S/C21H20ClN3OS/c22-18-3-1-17(2-4-18)19-5-6-20(27-19)21(26)25-13-11-24(12-14-25)15-16-7-9-23-10-8-16/h1-10H,11-15H2. The third-order valence-corrected chi connectivity index (χ3v) is 6.13. The number of thiophene rings is 1. The summed E-state index contributed by atoms with van der Waals surface area (Å²) in [7, 11) is 0. The summed E-state index contributed by atoms with van der Waals surface area (Å²) in [5, 5.41) is 0.719. The Balaban J connectivity index is 1.36. The van der Waals surface area contributed by atoms with E-state index in [1.807, 2.05) is 65.8 Å². The highest BCUT2D eigenvalue weighted by molar-refractivity contribution is 7.17. The van der Waals surface area contributed by atoms with Crippen molar-refractivity contribution in [1.82, 2.24) is 14.8 Å². The van der Waals surface area contributed by atoms with Crippen LogP contribution in [0.2, 0.25) is 5.02 Å². The monoisotopic (exact) mass is 397 g/mol. The largest absolute Gasteiger partial charge is 0.335 e. The van der Waals surface area contributed by atoms with Crippen LogP contribution in [0.25, 0.3) is 10.4 Å². The highest BCUT2D eigenvalue weighted by atomic mass is 35.5. The minimum absolute atomic E-state index is 0.128. The molecule has 3 aromatic rings. The van der Waals surface area contributed by atoms with Gasteiger partial charge in [-0.25, -0.2) is 0 Å². The fourth-order valence-corrected chi connectivity index (χ4v) is 4.34. The molecule has 2 aromatic heterocycles. The lowest BCUT2D eigenvalue weighted by Gasteiger charge is -2.34. The van der Waals surface area contributed by atoms with Gasteiger partial charge in [-0.3, -0.25) is 14.7 Å². The van der Waals surface area contributed by atoms with E-state index >= 15 is 0 Å². The molecule has 0 N–H and O–H groups in total. The fourth-order valence-electron chi connectivity index (χ4n) is 3.23. The molecule has 0 bridgehead atoms. The molecule has 0 unspecified atom stereocenters. The van der Waals surface area contributed by atoms with Crippen LogP contribution in [-0.2, 0) is 6.54 Å². The lowest BCUT2D eigenvalue weighted by molar-refractivity contribution is 0.0633. The summed E-state index contributed by atoms with van der Waals surface area (Å²) in [5.74, 6) is 0.128. The van der Waals surface area contributed by atoms with Crippen LogP contribution in [0.5, 0.6) is 0 Å². The van der Waals surface area contributed by atoms with Crippen LogP contribution in [0.15, 0.2) is 60.9 Å². The minimum atomic E-state index is 0.128. The molecule has 3 heterocycles. The number of aromatic nitrogens is 1. The van der Waals surface area contributed by atoms with Gasteiger partial charge >= 0.3 is 0 Å². The molecule has 1 aliphatic heterocycles. The number of halogens is 1. The molecule has 0 aliphatic carbocycles. The van der Waals surface area contributed by atoms with E-state index < -0.39 is 0 Å². The van der Waals surface area contributed by atoms with E-state index in [4.69, 9.17) is 11.6 Å². The molecule has 0 spiro atoms. The lowest BCUT2D eigenvalue weighted by atomic mass is 10.2. The number of nitrogens with zero attached hydrogens (tertiary/aromatic N) is 3. The van der Waals surface area contributed by atoms with Gasteiger partial charge in [0.05, 0.1) is 4.88 Å². The Morgan fingerprint density at radius 1 is 0.963 bits per heavy atom. The van der Waals surface area contributed by atoms with Crippen molar-refractivity contribution in [1.29, 1.82) is 0 Å². The van der Waals surface area contributed by atoms with Crippen molar-refractivity contribution >= 4 is 28.8 Å². The summed E-state index contributed by atoms with van der Waals surface area (Å²) < 4.78 is 0. The molecule has 1 aliphatic rings. The second kappa shape index (κ2) is 8.21. The summed E-state index contributed by atoms with van der Waals surface area (Å²) in [6.45, 7) is 4.22. The van der Waals surface area contributed by atoms with Crippen molar-refractivity contribution < 1.29 is 4.79 Å². The molecular weight excluding hydrogens is 378 g/mol. The Morgan fingerprint density at radius 2 is 1.67 bits per heavy atom. The molecule has 6 heteroatoms. The smallest absolute Gasteiger partial charge is 0.264 e. The minimum Gasteiger partial charge on any atom is -0.335 e. The van der Waals surface area contributed by atoms with E-state index in [0.29, 0.717) is 0 Å². The molecule has 1 aromatic carbocycles. The quantitative estimate of drug-likeness (QED) is 0.653. The van der Waals surface area contributed by atoms with Crippen LogP contribution >= 0.6 is 22.9 Å². The first kappa shape index (κ1) is 18.2. The molecule has 1 amide bonds. The molecular formula is C21H20ClN3OS. The van der Waals surface area contributed by atoms with E-state index in [9.17, 15) is 4.79 Å². The van der Waals surface area contributed by atoms with Gasteiger partial charge in [0.2, 0.25) is 0 Å². The number of hydrogen-bond donors (Lipinski definition) is 0. The lowest BCUT2D eigenvalue weighted by Crippen LogP contribution is -2.48. The second-order valence-electron chi connectivity index (χ2n) is 6.59. The van der Waals surface area contributed by atoms with Crippen LogP contribution < -0.4 is 0 Å². The maximum atomic E-state index is 12.9. The van der Waals surface area contributed by atoms with E-state index in [-0.39, 0.29) is 5.91 Å². The molecule has 1 saturated heterocycles. The summed E-state index contributed by atoms with van der Waals surface area (Å²) >= 11 is 7.50. The van der Waals surface area contributed by atoms with E-state index in [2.05, 4.69) is 9.88 Å². The number of piperazine rings is 1. The molecule has 1 fully saturated rings. The van der Waals surface area contributed by atoms with Gasteiger partial charge < -0.3 is 4.90 Å². The molecule has 4 nitrogen and oxygen atoms in total. The summed E-state index contributed by atoms with van der Waals surface area (Å²) in [6.07, 6.45) is 3.65. The number of carbonyl (C=O) groups is 1. The zero-order chi connectivity index (χ0) is 18.6. The zero-order valence-corrected chi connectivity index (χ0v) is 16.4. The first-order valence-electron chi connectivity index (χ1n) is 8.95. The predicted octanol–water partition coefficient (Wildman–Crippen LogP) is 4.42. The molecule has 138 valence electrons. The van der Waals surface area contributed by atoms with Gasteiger partial charge in [-0.1, -0.05) is 23.7 Å². The molecule has 0 atom stereocenters. The van der Waals surface area contributed by atoms with Gasteiger partial charge in [0.15, 0.2) is 0 Å².